The summed E-state index contributed by atoms with van der Waals surface area (Å²) in [5.41, 5.74) is 1.50. The minimum absolute atomic E-state index is 0.00498. The highest BCUT2D eigenvalue weighted by molar-refractivity contribution is 7.17. The number of nitrogens with zero attached hydrogens (tertiary/aromatic N) is 2. The van der Waals surface area contributed by atoms with Crippen LogP contribution in [0.1, 0.15) is 38.4 Å². The number of aromatic amines is 1. The lowest BCUT2D eigenvalue weighted by Gasteiger charge is -2.31. The van der Waals surface area contributed by atoms with Crippen LogP contribution in [-0.2, 0) is 11.3 Å². The number of unbranched alkanes of at least 4 members (excludes halogenated alkanes) is 1. The molecular formula is C23H27ClN4O2S. The van der Waals surface area contributed by atoms with E-state index in [2.05, 4.69) is 22.1 Å². The Bertz CT molecular complexity index is 1130. The second-order valence-corrected chi connectivity index (χ2v) is 9.31. The lowest BCUT2D eigenvalue weighted by atomic mass is 9.97. The van der Waals surface area contributed by atoms with E-state index in [1.54, 1.807) is 0 Å². The Kier molecular flexibility index (Phi) is 7.05. The van der Waals surface area contributed by atoms with Gasteiger partial charge in [0.2, 0.25) is 5.91 Å². The number of thiophene rings is 1. The average molecular weight is 459 g/mol. The number of benzene rings is 1. The fourth-order valence-corrected chi connectivity index (χ4v) is 5.30. The van der Waals surface area contributed by atoms with Crippen molar-refractivity contribution in [3.05, 3.63) is 50.8 Å². The molecule has 1 amide bonds. The van der Waals surface area contributed by atoms with Gasteiger partial charge in [0, 0.05) is 34.6 Å². The lowest BCUT2D eigenvalue weighted by molar-refractivity contribution is -0.126. The topological polar surface area (TPSA) is 78.1 Å². The SMILES string of the molecule is CCCCNC(=O)C1CCCN(Cc2nc3scc(-c4ccccc4Cl)c3c(=O)[nH]2)C1. The van der Waals surface area contributed by atoms with E-state index < -0.39 is 0 Å². The minimum Gasteiger partial charge on any atom is -0.356 e. The smallest absolute Gasteiger partial charge is 0.260 e. The lowest BCUT2D eigenvalue weighted by Crippen LogP contribution is -2.43. The molecule has 3 aromatic rings. The van der Waals surface area contributed by atoms with E-state index >= 15 is 0 Å². The number of carbonyl (C=O) groups is 1. The number of halogens is 1. The van der Waals surface area contributed by atoms with Gasteiger partial charge in [0.05, 0.1) is 17.8 Å². The number of aromatic nitrogens is 2. The number of hydrogen-bond acceptors (Lipinski definition) is 5. The number of likely N-dealkylation sites (tertiary alicyclic amines) is 1. The zero-order chi connectivity index (χ0) is 21.8. The molecule has 1 atom stereocenters. The summed E-state index contributed by atoms with van der Waals surface area (Å²) in [5.74, 6) is 0.768. The van der Waals surface area contributed by atoms with Crippen molar-refractivity contribution >= 4 is 39.1 Å². The van der Waals surface area contributed by atoms with Crippen molar-refractivity contribution in [1.82, 2.24) is 20.2 Å². The number of piperidine rings is 1. The first-order valence-corrected chi connectivity index (χ1v) is 12.1. The number of H-pyrrole nitrogens is 1. The Morgan fingerprint density at radius 1 is 1.35 bits per heavy atom. The molecule has 31 heavy (non-hydrogen) atoms. The van der Waals surface area contributed by atoms with Crippen LogP contribution in [0.3, 0.4) is 0 Å². The average Bonchev–Trinajstić information content (AvgIpc) is 3.19. The van der Waals surface area contributed by atoms with E-state index in [9.17, 15) is 9.59 Å². The van der Waals surface area contributed by atoms with Gasteiger partial charge < -0.3 is 10.3 Å². The molecule has 6 nitrogen and oxygen atoms in total. The van der Waals surface area contributed by atoms with Crippen LogP contribution in [0.5, 0.6) is 0 Å². The van der Waals surface area contributed by atoms with Gasteiger partial charge in [-0.3, -0.25) is 14.5 Å². The quantitative estimate of drug-likeness (QED) is 0.513. The number of amides is 1. The van der Waals surface area contributed by atoms with Crippen molar-refractivity contribution in [3.8, 4) is 11.1 Å². The first-order chi connectivity index (χ1) is 15.1. The van der Waals surface area contributed by atoms with Crippen molar-refractivity contribution in [2.45, 2.75) is 39.2 Å². The predicted octanol–water partition coefficient (Wildman–Crippen LogP) is 4.43. The molecule has 1 fully saturated rings. The zero-order valence-electron chi connectivity index (χ0n) is 17.6. The van der Waals surface area contributed by atoms with Gasteiger partial charge in [-0.15, -0.1) is 11.3 Å². The monoisotopic (exact) mass is 458 g/mol. The summed E-state index contributed by atoms with van der Waals surface area (Å²) < 4.78 is 0. The number of nitrogens with one attached hydrogen (secondary N) is 2. The van der Waals surface area contributed by atoms with Gasteiger partial charge in [-0.05, 0) is 31.9 Å². The highest BCUT2D eigenvalue weighted by Crippen LogP contribution is 2.34. The highest BCUT2D eigenvalue weighted by atomic mass is 35.5. The van der Waals surface area contributed by atoms with Crippen molar-refractivity contribution < 1.29 is 4.79 Å². The van der Waals surface area contributed by atoms with E-state index in [1.165, 1.54) is 11.3 Å². The van der Waals surface area contributed by atoms with Crippen LogP contribution in [0, 0.1) is 5.92 Å². The molecule has 0 aliphatic carbocycles. The molecule has 8 heteroatoms. The summed E-state index contributed by atoms with van der Waals surface area (Å²) >= 11 is 7.79. The van der Waals surface area contributed by atoms with Crippen LogP contribution < -0.4 is 10.9 Å². The summed E-state index contributed by atoms with van der Waals surface area (Å²) in [6.07, 6.45) is 3.95. The molecule has 2 aromatic heterocycles. The largest absolute Gasteiger partial charge is 0.356 e. The number of hydrogen-bond donors (Lipinski definition) is 2. The van der Waals surface area contributed by atoms with Gasteiger partial charge in [0.15, 0.2) is 0 Å². The van der Waals surface area contributed by atoms with Gasteiger partial charge in [0.25, 0.3) is 5.56 Å². The summed E-state index contributed by atoms with van der Waals surface area (Å²) in [5, 5.41) is 6.18. The normalized spacial score (nSPS) is 17.2. The second-order valence-electron chi connectivity index (χ2n) is 8.04. The molecule has 0 saturated carbocycles. The van der Waals surface area contributed by atoms with Gasteiger partial charge >= 0.3 is 0 Å². The molecule has 1 aliphatic heterocycles. The first-order valence-electron chi connectivity index (χ1n) is 10.8. The minimum atomic E-state index is -0.151. The van der Waals surface area contributed by atoms with E-state index in [4.69, 9.17) is 16.6 Å². The van der Waals surface area contributed by atoms with E-state index in [0.29, 0.717) is 34.2 Å². The Morgan fingerprint density at radius 3 is 3.00 bits per heavy atom. The predicted molar refractivity (Wildman–Crippen MR) is 127 cm³/mol. The molecule has 1 unspecified atom stereocenters. The Morgan fingerprint density at radius 2 is 2.19 bits per heavy atom. The fourth-order valence-electron chi connectivity index (χ4n) is 4.10. The van der Waals surface area contributed by atoms with Crippen molar-refractivity contribution in [2.75, 3.05) is 19.6 Å². The summed E-state index contributed by atoms with van der Waals surface area (Å²) in [7, 11) is 0. The van der Waals surface area contributed by atoms with Crippen LogP contribution in [0.15, 0.2) is 34.4 Å². The number of carbonyl (C=O) groups excluding carboxylic acids is 1. The molecule has 0 bridgehead atoms. The fraction of sp³-hybridized carbons (Fsp3) is 0.435. The van der Waals surface area contributed by atoms with Gasteiger partial charge in [-0.2, -0.15) is 0 Å². The van der Waals surface area contributed by atoms with E-state index in [-0.39, 0.29) is 17.4 Å². The van der Waals surface area contributed by atoms with Gasteiger partial charge in [0.1, 0.15) is 10.7 Å². The standard InChI is InChI=1S/C23H27ClN4O2S/c1-2-3-10-25-21(29)15-7-6-11-28(12-15)13-19-26-22(30)20-17(14-31-23(20)27-19)16-8-4-5-9-18(16)24/h4-5,8-9,14-15H,2-3,6-7,10-13H2,1H3,(H,25,29)(H,26,27,30). The van der Waals surface area contributed by atoms with Crippen molar-refractivity contribution in [2.24, 2.45) is 5.92 Å². The third-order valence-electron chi connectivity index (χ3n) is 5.74. The second kappa shape index (κ2) is 9.94. The van der Waals surface area contributed by atoms with Crippen LogP contribution in [0.4, 0.5) is 0 Å². The van der Waals surface area contributed by atoms with E-state index in [0.717, 1.165) is 49.9 Å². The van der Waals surface area contributed by atoms with Crippen LogP contribution in [-0.4, -0.2) is 40.4 Å². The molecule has 1 aliphatic rings. The molecule has 1 saturated heterocycles. The van der Waals surface area contributed by atoms with Crippen molar-refractivity contribution in [3.63, 3.8) is 0 Å². The third-order valence-corrected chi connectivity index (χ3v) is 6.94. The molecule has 3 heterocycles. The summed E-state index contributed by atoms with van der Waals surface area (Å²) in [4.78, 5) is 35.9. The highest BCUT2D eigenvalue weighted by Gasteiger charge is 2.26. The number of fused-ring (bicyclic) bond motifs is 1. The van der Waals surface area contributed by atoms with Gasteiger partial charge in [-0.1, -0.05) is 43.1 Å². The maximum atomic E-state index is 12.9. The third kappa shape index (κ3) is 5.00. The first kappa shape index (κ1) is 22.0. The molecule has 4 rings (SSSR count). The molecule has 2 N–H and O–H groups in total. The maximum absolute atomic E-state index is 12.9. The molecule has 1 aromatic carbocycles. The van der Waals surface area contributed by atoms with Gasteiger partial charge in [-0.25, -0.2) is 4.98 Å². The zero-order valence-corrected chi connectivity index (χ0v) is 19.2. The van der Waals surface area contributed by atoms with E-state index in [1.807, 2.05) is 29.6 Å². The molecular weight excluding hydrogens is 432 g/mol. The number of rotatable bonds is 7. The van der Waals surface area contributed by atoms with Crippen LogP contribution in [0.2, 0.25) is 5.02 Å². The Labute approximate surface area is 190 Å². The Balaban J connectivity index is 1.50. The summed E-state index contributed by atoms with van der Waals surface area (Å²) in [6, 6.07) is 7.51. The molecule has 0 spiro atoms. The summed E-state index contributed by atoms with van der Waals surface area (Å²) in [6.45, 7) is 4.97. The molecule has 164 valence electrons. The van der Waals surface area contributed by atoms with Crippen LogP contribution in [0.25, 0.3) is 21.3 Å². The van der Waals surface area contributed by atoms with Crippen molar-refractivity contribution in [1.29, 1.82) is 0 Å². The molecule has 0 radical (unpaired) electrons. The Hall–Kier alpha value is -2.22. The maximum Gasteiger partial charge on any atom is 0.260 e. The van der Waals surface area contributed by atoms with Crippen LogP contribution >= 0.6 is 22.9 Å².